The van der Waals surface area contributed by atoms with E-state index >= 15 is 0 Å². The minimum Gasteiger partial charge on any atom is -0.347 e. The van der Waals surface area contributed by atoms with Gasteiger partial charge in [0.1, 0.15) is 0 Å². The molecule has 2 aromatic heterocycles. The number of aliphatic imine (C=N–C) groups is 1. The van der Waals surface area contributed by atoms with Crippen LogP contribution in [0.1, 0.15) is 12.0 Å². The lowest BCUT2D eigenvalue weighted by Crippen LogP contribution is -2.14. The number of benzene rings is 2. The van der Waals surface area contributed by atoms with E-state index in [1.807, 2.05) is 17.1 Å². The number of para-hydroxylation sites is 1. The molecule has 1 aliphatic heterocycles. The van der Waals surface area contributed by atoms with Crippen LogP contribution >= 0.6 is 0 Å². The Balaban J connectivity index is 1.42. The number of rotatable bonds is 6. The third kappa shape index (κ3) is 3.38. The second-order valence-electron chi connectivity index (χ2n) is 7.89. The average Bonchev–Trinajstić information content (AvgIpc) is 3.46. The number of fused-ring (bicyclic) bond motifs is 2. The zero-order valence-corrected chi connectivity index (χ0v) is 16.9. The topological polar surface area (TPSA) is 38.4 Å². The molecule has 0 amide bonds. The van der Waals surface area contributed by atoms with Gasteiger partial charge in [0.05, 0.1) is 17.1 Å². The highest BCUT2D eigenvalue weighted by atomic mass is 15.3. The number of aromatic nitrogens is 3. The zero-order chi connectivity index (χ0) is 19.8. The van der Waals surface area contributed by atoms with Crippen LogP contribution in [0.2, 0.25) is 0 Å². The fourth-order valence-corrected chi connectivity index (χ4v) is 4.04. The summed E-state index contributed by atoms with van der Waals surface area (Å²) in [5.74, 6) is 0. The molecule has 2 aromatic carbocycles. The molecule has 0 bridgehead atoms. The molecule has 0 atom stereocenters. The lowest BCUT2D eigenvalue weighted by molar-refractivity contribution is 0.388. The highest BCUT2D eigenvalue weighted by Gasteiger charge is 2.14. The molecule has 0 radical (unpaired) electrons. The largest absolute Gasteiger partial charge is 0.347 e. The van der Waals surface area contributed by atoms with Crippen molar-refractivity contribution >= 4 is 22.8 Å². The highest BCUT2D eigenvalue weighted by molar-refractivity contribution is 5.85. The molecule has 5 rings (SSSR count). The smallest absolute Gasteiger partial charge is 0.0927 e. The molecule has 0 N–H and O–H groups in total. The van der Waals surface area contributed by atoms with Crippen LogP contribution in [0.25, 0.3) is 27.8 Å². The Morgan fingerprint density at radius 2 is 1.97 bits per heavy atom. The Hall–Kier alpha value is -3.18. The van der Waals surface area contributed by atoms with E-state index in [9.17, 15) is 0 Å². The average molecular weight is 383 g/mol. The first-order valence-electron chi connectivity index (χ1n) is 10.1. The third-order valence-corrected chi connectivity index (χ3v) is 5.54. The lowest BCUT2D eigenvalue weighted by atomic mass is 10.1. The monoisotopic (exact) mass is 383 g/mol. The van der Waals surface area contributed by atoms with E-state index in [0.717, 1.165) is 48.6 Å². The van der Waals surface area contributed by atoms with Crippen LogP contribution in [0, 0.1) is 0 Å². The fourth-order valence-electron chi connectivity index (χ4n) is 4.04. The molecule has 29 heavy (non-hydrogen) atoms. The molecular formula is C24H25N5. The van der Waals surface area contributed by atoms with Crippen molar-refractivity contribution in [3.8, 4) is 16.9 Å². The van der Waals surface area contributed by atoms with Crippen LogP contribution in [0.5, 0.6) is 0 Å². The van der Waals surface area contributed by atoms with Crippen LogP contribution in [-0.4, -0.2) is 46.1 Å². The van der Waals surface area contributed by atoms with E-state index in [-0.39, 0.29) is 0 Å². The summed E-state index contributed by atoms with van der Waals surface area (Å²) < 4.78 is 4.28. The summed E-state index contributed by atoms with van der Waals surface area (Å²) in [4.78, 5) is 6.77. The zero-order valence-electron chi connectivity index (χ0n) is 16.9. The van der Waals surface area contributed by atoms with Crippen LogP contribution in [-0.2, 0) is 13.0 Å². The summed E-state index contributed by atoms with van der Waals surface area (Å²) in [5, 5.41) is 6.10. The van der Waals surface area contributed by atoms with Gasteiger partial charge in [0, 0.05) is 48.0 Å². The van der Waals surface area contributed by atoms with Gasteiger partial charge in [-0.1, -0.05) is 18.2 Å². The molecule has 0 aliphatic carbocycles. The van der Waals surface area contributed by atoms with Crippen molar-refractivity contribution in [2.24, 2.45) is 4.99 Å². The summed E-state index contributed by atoms with van der Waals surface area (Å²) in [5.41, 5.74) is 6.73. The molecule has 0 fully saturated rings. The van der Waals surface area contributed by atoms with Gasteiger partial charge < -0.3 is 9.47 Å². The molecule has 1 aliphatic rings. The van der Waals surface area contributed by atoms with Gasteiger partial charge in [0.15, 0.2) is 0 Å². The van der Waals surface area contributed by atoms with E-state index < -0.39 is 0 Å². The first-order valence-corrected chi connectivity index (χ1v) is 10.1. The molecule has 3 heterocycles. The number of nitrogens with zero attached hydrogens (tertiary/aromatic N) is 5. The Kier molecular flexibility index (Phi) is 4.52. The number of aryl methyl sites for hydroxylation is 1. The van der Waals surface area contributed by atoms with Crippen LogP contribution in [0.15, 0.2) is 65.9 Å². The molecular weight excluding hydrogens is 358 g/mol. The van der Waals surface area contributed by atoms with Crippen molar-refractivity contribution < 1.29 is 0 Å². The fraction of sp³-hybridized carbons (Fsp3) is 0.250. The van der Waals surface area contributed by atoms with Crippen LogP contribution < -0.4 is 0 Å². The molecule has 4 aromatic rings. The van der Waals surface area contributed by atoms with Gasteiger partial charge in [-0.05, 0) is 63.0 Å². The van der Waals surface area contributed by atoms with E-state index in [2.05, 4.69) is 83.3 Å². The second-order valence-corrected chi connectivity index (χ2v) is 7.89. The highest BCUT2D eigenvalue weighted by Crippen LogP contribution is 2.32. The molecule has 5 heteroatoms. The van der Waals surface area contributed by atoms with Crippen LogP contribution in [0.3, 0.4) is 0 Å². The first-order chi connectivity index (χ1) is 14.2. The van der Waals surface area contributed by atoms with Crippen molar-refractivity contribution in [1.29, 1.82) is 0 Å². The second kappa shape index (κ2) is 7.33. The SMILES string of the molecule is CN(C)CCCn1ccc2cc(-c3ccn(-c4cccc5c4N=CC5)n3)ccc21. The maximum Gasteiger partial charge on any atom is 0.0927 e. The Morgan fingerprint density at radius 3 is 2.86 bits per heavy atom. The summed E-state index contributed by atoms with van der Waals surface area (Å²) in [6, 6.07) is 17.2. The quantitative estimate of drug-likeness (QED) is 0.484. The summed E-state index contributed by atoms with van der Waals surface area (Å²) >= 11 is 0. The maximum absolute atomic E-state index is 4.84. The molecule has 0 saturated carbocycles. The van der Waals surface area contributed by atoms with E-state index in [0.29, 0.717) is 0 Å². The van der Waals surface area contributed by atoms with Gasteiger partial charge in [-0.3, -0.25) is 4.99 Å². The Bertz CT molecular complexity index is 1200. The van der Waals surface area contributed by atoms with E-state index in [4.69, 9.17) is 5.10 Å². The van der Waals surface area contributed by atoms with Crippen molar-refractivity contribution in [3.63, 3.8) is 0 Å². The summed E-state index contributed by atoms with van der Waals surface area (Å²) in [6.45, 7) is 2.14. The number of hydrogen-bond donors (Lipinski definition) is 0. The summed E-state index contributed by atoms with van der Waals surface area (Å²) in [7, 11) is 4.24. The van der Waals surface area contributed by atoms with Gasteiger partial charge in [-0.25, -0.2) is 4.68 Å². The van der Waals surface area contributed by atoms with Gasteiger partial charge in [0.25, 0.3) is 0 Å². The molecule has 5 nitrogen and oxygen atoms in total. The third-order valence-electron chi connectivity index (χ3n) is 5.54. The minimum atomic E-state index is 0.902. The van der Waals surface area contributed by atoms with Crippen molar-refractivity contribution in [3.05, 3.63) is 66.5 Å². The molecule has 0 spiro atoms. The Labute approximate surface area is 170 Å². The van der Waals surface area contributed by atoms with Crippen molar-refractivity contribution in [2.45, 2.75) is 19.4 Å². The van der Waals surface area contributed by atoms with Crippen molar-refractivity contribution in [2.75, 3.05) is 20.6 Å². The molecule has 146 valence electrons. The normalized spacial score (nSPS) is 12.9. The van der Waals surface area contributed by atoms with Gasteiger partial charge in [-0.15, -0.1) is 0 Å². The first kappa shape index (κ1) is 17.9. The van der Waals surface area contributed by atoms with E-state index in [1.165, 1.54) is 16.5 Å². The van der Waals surface area contributed by atoms with Gasteiger partial charge >= 0.3 is 0 Å². The van der Waals surface area contributed by atoms with Gasteiger partial charge in [-0.2, -0.15) is 5.10 Å². The van der Waals surface area contributed by atoms with E-state index in [1.54, 1.807) is 0 Å². The predicted octanol–water partition coefficient (Wildman–Crippen LogP) is 4.70. The molecule has 0 unspecified atom stereocenters. The van der Waals surface area contributed by atoms with Crippen LogP contribution in [0.4, 0.5) is 5.69 Å². The lowest BCUT2D eigenvalue weighted by Gasteiger charge is -2.10. The maximum atomic E-state index is 4.84. The predicted molar refractivity (Wildman–Crippen MR) is 120 cm³/mol. The van der Waals surface area contributed by atoms with Gasteiger partial charge in [0.2, 0.25) is 0 Å². The summed E-state index contributed by atoms with van der Waals surface area (Å²) in [6.07, 6.45) is 8.23. The minimum absolute atomic E-state index is 0.902. The standard InChI is InChI=1S/C24H25N5/c1-27(2)13-4-14-28-15-10-20-17-19(7-8-22(20)28)21-11-16-29(26-21)23-6-3-5-18-9-12-25-24(18)23/h3,5-8,10-12,15-17H,4,9,13-14H2,1-2H3. The number of hydrogen-bond acceptors (Lipinski definition) is 3. The molecule has 0 saturated heterocycles. The van der Waals surface area contributed by atoms with Crippen molar-refractivity contribution in [1.82, 2.24) is 19.2 Å². The Morgan fingerprint density at radius 1 is 1.03 bits per heavy atom.